The van der Waals surface area contributed by atoms with Crippen molar-refractivity contribution in [2.45, 2.75) is 32.7 Å². The van der Waals surface area contributed by atoms with Crippen molar-refractivity contribution < 1.29 is 9.59 Å². The highest BCUT2D eigenvalue weighted by molar-refractivity contribution is 7.10. The van der Waals surface area contributed by atoms with E-state index in [4.69, 9.17) is 0 Å². The molecule has 27 heavy (non-hydrogen) atoms. The van der Waals surface area contributed by atoms with Crippen LogP contribution in [-0.2, 0) is 4.79 Å². The summed E-state index contributed by atoms with van der Waals surface area (Å²) in [6.07, 6.45) is 1.51. The minimum atomic E-state index is -0.0805. The third-order valence-electron chi connectivity index (χ3n) is 5.10. The molecule has 144 valence electrons. The molecule has 2 heterocycles. The number of likely N-dealkylation sites (N-methyl/N-ethyl adjacent to an activating group) is 1. The maximum atomic E-state index is 12.6. The highest BCUT2D eigenvalue weighted by Crippen LogP contribution is 2.25. The predicted molar refractivity (Wildman–Crippen MR) is 110 cm³/mol. The Bertz CT molecular complexity index is 754. The summed E-state index contributed by atoms with van der Waals surface area (Å²) in [5.41, 5.74) is 1.49. The van der Waals surface area contributed by atoms with Gasteiger partial charge in [-0.2, -0.15) is 0 Å². The van der Waals surface area contributed by atoms with Gasteiger partial charge in [-0.15, -0.1) is 11.3 Å². The molecule has 1 unspecified atom stereocenters. The molecule has 0 aliphatic carbocycles. The van der Waals surface area contributed by atoms with Crippen molar-refractivity contribution in [2.75, 3.05) is 31.1 Å². The molecule has 1 atom stereocenters. The van der Waals surface area contributed by atoms with Gasteiger partial charge in [-0.3, -0.25) is 14.5 Å². The smallest absolute Gasteiger partial charge is 0.251 e. The Balaban J connectivity index is 1.64. The van der Waals surface area contributed by atoms with E-state index in [9.17, 15) is 9.59 Å². The fraction of sp³-hybridized carbons (Fsp3) is 0.429. The van der Waals surface area contributed by atoms with Gasteiger partial charge in [-0.25, -0.2) is 0 Å². The minimum Gasteiger partial charge on any atom is -0.350 e. The van der Waals surface area contributed by atoms with Gasteiger partial charge in [-0.05, 0) is 55.2 Å². The second-order valence-corrected chi connectivity index (χ2v) is 7.64. The first-order chi connectivity index (χ1) is 13.1. The lowest BCUT2D eigenvalue weighted by atomic mass is 10.1. The van der Waals surface area contributed by atoms with E-state index >= 15 is 0 Å². The summed E-state index contributed by atoms with van der Waals surface area (Å²) >= 11 is 1.72. The summed E-state index contributed by atoms with van der Waals surface area (Å²) in [4.78, 5) is 29.9. The largest absolute Gasteiger partial charge is 0.350 e. The Morgan fingerprint density at radius 3 is 2.52 bits per heavy atom. The number of carbonyl (C=O) groups excluding carboxylic acids is 2. The van der Waals surface area contributed by atoms with Crippen LogP contribution >= 0.6 is 11.3 Å². The Labute approximate surface area is 165 Å². The molecule has 0 spiro atoms. The van der Waals surface area contributed by atoms with Gasteiger partial charge in [0.15, 0.2) is 0 Å². The topological polar surface area (TPSA) is 52.7 Å². The summed E-state index contributed by atoms with van der Waals surface area (Å²) in [7, 11) is 0. The second kappa shape index (κ2) is 9.15. The number of rotatable bonds is 8. The highest BCUT2D eigenvalue weighted by atomic mass is 32.1. The Kier molecular flexibility index (Phi) is 6.63. The molecule has 0 saturated carbocycles. The average Bonchev–Trinajstić information content (AvgIpc) is 3.37. The third kappa shape index (κ3) is 4.57. The zero-order valence-corrected chi connectivity index (χ0v) is 16.8. The molecule has 6 heteroatoms. The number of nitrogens with one attached hydrogen (secondary N) is 1. The number of hydrogen-bond donors (Lipinski definition) is 1. The number of nitrogens with zero attached hydrogens (tertiary/aromatic N) is 2. The molecule has 1 saturated heterocycles. The molecule has 1 aliphatic rings. The van der Waals surface area contributed by atoms with Gasteiger partial charge in [0.1, 0.15) is 0 Å². The summed E-state index contributed by atoms with van der Waals surface area (Å²) in [6.45, 7) is 7.50. The van der Waals surface area contributed by atoms with Crippen LogP contribution in [0.25, 0.3) is 0 Å². The first-order valence-electron chi connectivity index (χ1n) is 9.60. The maximum absolute atomic E-state index is 12.6. The monoisotopic (exact) mass is 385 g/mol. The Hall–Kier alpha value is -2.18. The molecule has 5 nitrogen and oxygen atoms in total. The number of thiophene rings is 1. The van der Waals surface area contributed by atoms with E-state index in [-0.39, 0.29) is 17.9 Å². The number of anilines is 1. The fourth-order valence-electron chi connectivity index (χ4n) is 3.56. The van der Waals surface area contributed by atoms with Crippen molar-refractivity contribution in [3.63, 3.8) is 0 Å². The standard InChI is InChI=1S/C21H27N3O2S/c1-3-23(4-2)18(19-7-6-14-27-19)15-22-21(26)16-9-11-17(12-10-16)24-13-5-8-20(24)25/h6-7,9-12,14,18H,3-5,8,13,15H2,1-2H3,(H,22,26). The van der Waals surface area contributed by atoms with Crippen LogP contribution in [0.5, 0.6) is 0 Å². The van der Waals surface area contributed by atoms with Crippen LogP contribution < -0.4 is 10.2 Å². The van der Waals surface area contributed by atoms with Crippen molar-refractivity contribution >= 4 is 28.8 Å². The number of hydrogen-bond acceptors (Lipinski definition) is 4. The zero-order valence-electron chi connectivity index (χ0n) is 16.0. The van der Waals surface area contributed by atoms with E-state index in [1.165, 1.54) is 4.88 Å². The lowest BCUT2D eigenvalue weighted by molar-refractivity contribution is -0.117. The normalized spacial score (nSPS) is 15.4. The number of carbonyl (C=O) groups is 2. The molecule has 0 radical (unpaired) electrons. The number of benzene rings is 1. The molecule has 1 aromatic heterocycles. The molecule has 0 bridgehead atoms. The van der Waals surface area contributed by atoms with Crippen molar-refractivity contribution in [1.29, 1.82) is 0 Å². The van der Waals surface area contributed by atoms with Crippen LogP contribution in [-0.4, -0.2) is 42.9 Å². The van der Waals surface area contributed by atoms with Gasteiger partial charge in [0.2, 0.25) is 5.91 Å². The van der Waals surface area contributed by atoms with Crippen molar-refractivity contribution in [1.82, 2.24) is 10.2 Å². The molecule has 2 amide bonds. The van der Waals surface area contributed by atoms with Crippen molar-refractivity contribution in [3.8, 4) is 0 Å². The van der Waals surface area contributed by atoms with Gasteiger partial charge >= 0.3 is 0 Å². The summed E-state index contributed by atoms with van der Waals surface area (Å²) in [5.74, 6) is 0.0771. The quantitative estimate of drug-likeness (QED) is 0.754. The van der Waals surface area contributed by atoms with Gasteiger partial charge in [0.05, 0.1) is 6.04 Å². The van der Waals surface area contributed by atoms with Gasteiger partial charge in [0, 0.05) is 35.6 Å². The van der Waals surface area contributed by atoms with Crippen LogP contribution in [0, 0.1) is 0 Å². The van der Waals surface area contributed by atoms with Gasteiger partial charge in [0.25, 0.3) is 5.91 Å². The molecule has 1 N–H and O–H groups in total. The van der Waals surface area contributed by atoms with Crippen LogP contribution in [0.1, 0.15) is 48.0 Å². The predicted octanol–water partition coefficient (Wildman–Crippen LogP) is 3.69. The third-order valence-corrected chi connectivity index (χ3v) is 6.07. The first-order valence-corrected chi connectivity index (χ1v) is 10.5. The summed E-state index contributed by atoms with van der Waals surface area (Å²) < 4.78 is 0. The van der Waals surface area contributed by atoms with E-state index in [0.29, 0.717) is 18.5 Å². The SMILES string of the molecule is CCN(CC)C(CNC(=O)c1ccc(N2CCCC2=O)cc1)c1cccs1. The molecule has 3 rings (SSSR count). The number of amides is 2. The van der Waals surface area contributed by atoms with E-state index in [1.807, 2.05) is 12.1 Å². The van der Waals surface area contributed by atoms with E-state index in [1.54, 1.807) is 28.4 Å². The fourth-order valence-corrected chi connectivity index (χ4v) is 4.42. The second-order valence-electron chi connectivity index (χ2n) is 6.66. The minimum absolute atomic E-state index is 0.0805. The average molecular weight is 386 g/mol. The van der Waals surface area contributed by atoms with Crippen molar-refractivity contribution in [3.05, 3.63) is 52.2 Å². The Morgan fingerprint density at radius 1 is 1.22 bits per heavy atom. The van der Waals surface area contributed by atoms with Crippen LogP contribution in [0.15, 0.2) is 41.8 Å². The van der Waals surface area contributed by atoms with Crippen LogP contribution in [0.3, 0.4) is 0 Å². The summed E-state index contributed by atoms with van der Waals surface area (Å²) in [6, 6.07) is 11.7. The zero-order chi connectivity index (χ0) is 19.2. The van der Waals surface area contributed by atoms with E-state index in [2.05, 4.69) is 41.6 Å². The Morgan fingerprint density at radius 2 is 1.96 bits per heavy atom. The van der Waals surface area contributed by atoms with Crippen molar-refractivity contribution in [2.24, 2.45) is 0 Å². The first kappa shape index (κ1) is 19.6. The summed E-state index contributed by atoms with van der Waals surface area (Å²) in [5, 5.41) is 5.16. The van der Waals surface area contributed by atoms with E-state index in [0.717, 1.165) is 31.7 Å². The molecule has 1 fully saturated rings. The lowest BCUT2D eigenvalue weighted by Crippen LogP contribution is -2.37. The molecule has 1 aliphatic heterocycles. The molecular formula is C21H27N3O2S. The lowest BCUT2D eigenvalue weighted by Gasteiger charge is -2.29. The molecule has 1 aromatic carbocycles. The maximum Gasteiger partial charge on any atom is 0.251 e. The molecule has 2 aromatic rings. The highest BCUT2D eigenvalue weighted by Gasteiger charge is 2.22. The van der Waals surface area contributed by atoms with Gasteiger partial charge < -0.3 is 10.2 Å². The molecular weight excluding hydrogens is 358 g/mol. The van der Waals surface area contributed by atoms with Gasteiger partial charge in [-0.1, -0.05) is 19.9 Å². The van der Waals surface area contributed by atoms with E-state index < -0.39 is 0 Å². The van der Waals surface area contributed by atoms with Crippen LogP contribution in [0.4, 0.5) is 5.69 Å². The van der Waals surface area contributed by atoms with Crippen LogP contribution in [0.2, 0.25) is 0 Å².